The van der Waals surface area contributed by atoms with E-state index >= 15 is 0 Å². The number of hydrogen-bond acceptors (Lipinski definition) is 2. The first-order valence-corrected chi connectivity index (χ1v) is 8.54. The normalized spacial score (nSPS) is 25.0. The van der Waals surface area contributed by atoms with Gasteiger partial charge < -0.3 is 4.90 Å². The van der Waals surface area contributed by atoms with E-state index in [2.05, 4.69) is 24.1 Å². The molecule has 0 N–H and O–H groups in total. The van der Waals surface area contributed by atoms with Crippen molar-refractivity contribution in [2.24, 2.45) is 11.8 Å². The van der Waals surface area contributed by atoms with Gasteiger partial charge in [0.1, 0.15) is 11.6 Å². The van der Waals surface area contributed by atoms with E-state index in [1.165, 1.54) is 5.56 Å². The molecule has 26 heavy (non-hydrogen) atoms. The van der Waals surface area contributed by atoms with Crippen molar-refractivity contribution in [1.82, 2.24) is 9.80 Å². The fourth-order valence-electron chi connectivity index (χ4n) is 4.41. The Morgan fingerprint density at radius 3 is 2.50 bits per heavy atom. The molecule has 0 saturated carbocycles. The number of hydrogen-bond donors (Lipinski definition) is 0. The molecule has 3 nitrogen and oxygen atoms in total. The molecule has 2 aromatic carbocycles. The van der Waals surface area contributed by atoms with E-state index in [0.29, 0.717) is 24.9 Å². The second-order valence-electron chi connectivity index (χ2n) is 7.05. The number of carbonyl (C=O) groups excluding carboxylic acids is 1. The van der Waals surface area contributed by atoms with Gasteiger partial charge in [-0.3, -0.25) is 9.69 Å². The first-order chi connectivity index (χ1) is 12.0. The zero-order chi connectivity index (χ0) is 17.6. The van der Waals surface area contributed by atoms with Crippen LogP contribution in [-0.4, -0.2) is 42.4 Å². The molecule has 6 heteroatoms. The monoisotopic (exact) mass is 378 g/mol. The lowest BCUT2D eigenvalue weighted by molar-refractivity contribution is 0.0762. The highest BCUT2D eigenvalue weighted by molar-refractivity contribution is 5.94. The van der Waals surface area contributed by atoms with Crippen LogP contribution in [0.1, 0.15) is 22.0 Å². The molecule has 2 saturated heterocycles. The minimum Gasteiger partial charge on any atom is -0.338 e. The third kappa shape index (κ3) is 3.21. The molecule has 2 heterocycles. The molecule has 0 radical (unpaired) electrons. The van der Waals surface area contributed by atoms with Crippen LogP contribution in [0.15, 0.2) is 48.5 Å². The number of fused-ring (bicyclic) bond motifs is 1. The summed E-state index contributed by atoms with van der Waals surface area (Å²) in [5.74, 6) is -1.00. The summed E-state index contributed by atoms with van der Waals surface area (Å²) in [4.78, 5) is 16.7. The van der Waals surface area contributed by atoms with Crippen LogP contribution in [0.4, 0.5) is 8.78 Å². The number of carbonyl (C=O) groups is 1. The Labute approximate surface area is 158 Å². The number of benzene rings is 2. The average Bonchev–Trinajstić information content (AvgIpc) is 3.13. The van der Waals surface area contributed by atoms with Crippen molar-refractivity contribution in [1.29, 1.82) is 0 Å². The lowest BCUT2D eigenvalue weighted by Crippen LogP contribution is -2.34. The maximum atomic E-state index is 13.9. The lowest BCUT2D eigenvalue weighted by atomic mass is 9.90. The van der Waals surface area contributed by atoms with Gasteiger partial charge in [0, 0.05) is 31.6 Å². The topological polar surface area (TPSA) is 23.6 Å². The summed E-state index contributed by atoms with van der Waals surface area (Å²) in [7, 11) is 2.11. The molecule has 0 aliphatic carbocycles. The molecule has 0 unspecified atom stereocenters. The summed E-state index contributed by atoms with van der Waals surface area (Å²) in [5.41, 5.74) is 1.06. The highest BCUT2D eigenvalue weighted by Gasteiger charge is 2.47. The smallest absolute Gasteiger partial charge is 0.256 e. The van der Waals surface area contributed by atoms with Crippen molar-refractivity contribution in [3.8, 4) is 0 Å². The van der Waals surface area contributed by atoms with Crippen LogP contribution in [0, 0.1) is 23.5 Å². The maximum absolute atomic E-state index is 13.9. The molecule has 2 aromatic rings. The van der Waals surface area contributed by atoms with Crippen LogP contribution >= 0.6 is 12.4 Å². The predicted molar refractivity (Wildman–Crippen MR) is 98.3 cm³/mol. The van der Waals surface area contributed by atoms with Crippen molar-refractivity contribution < 1.29 is 13.6 Å². The van der Waals surface area contributed by atoms with Crippen molar-refractivity contribution >= 4 is 18.3 Å². The van der Waals surface area contributed by atoms with Crippen LogP contribution in [0.5, 0.6) is 0 Å². The minimum atomic E-state index is -0.666. The quantitative estimate of drug-likeness (QED) is 0.794. The van der Waals surface area contributed by atoms with Gasteiger partial charge in [-0.15, -0.1) is 12.4 Å². The fourth-order valence-corrected chi connectivity index (χ4v) is 4.41. The van der Waals surface area contributed by atoms with Crippen molar-refractivity contribution in [2.45, 2.75) is 6.04 Å². The number of nitrogens with zero attached hydrogens (tertiary/aromatic N) is 2. The number of halogens is 3. The summed E-state index contributed by atoms with van der Waals surface area (Å²) in [6.45, 7) is 2.07. The zero-order valence-electron chi connectivity index (χ0n) is 14.4. The average molecular weight is 379 g/mol. The van der Waals surface area contributed by atoms with Gasteiger partial charge in [-0.05, 0) is 36.7 Å². The SMILES string of the molecule is CN1C[C@H]2CN(C(=O)c3cc(F)ccc3F)C[C@H]2[C@@H]1c1ccccc1.Cl. The molecule has 1 amide bonds. The molecule has 0 spiro atoms. The van der Waals surface area contributed by atoms with E-state index in [1.807, 2.05) is 18.2 Å². The molecule has 138 valence electrons. The summed E-state index contributed by atoms with van der Waals surface area (Å²) >= 11 is 0. The lowest BCUT2D eigenvalue weighted by Gasteiger charge is -2.27. The Balaban J connectivity index is 0.00000196. The highest BCUT2D eigenvalue weighted by Crippen LogP contribution is 2.44. The summed E-state index contributed by atoms with van der Waals surface area (Å²) in [5, 5.41) is 0. The molecule has 0 bridgehead atoms. The number of likely N-dealkylation sites (tertiary alicyclic amines) is 2. The molecule has 0 aromatic heterocycles. The van der Waals surface area contributed by atoms with Gasteiger partial charge in [-0.2, -0.15) is 0 Å². The summed E-state index contributed by atoms with van der Waals surface area (Å²) in [6, 6.07) is 13.6. The summed E-state index contributed by atoms with van der Waals surface area (Å²) in [6.07, 6.45) is 0. The number of rotatable bonds is 2. The van der Waals surface area contributed by atoms with Gasteiger partial charge >= 0.3 is 0 Å². The van der Waals surface area contributed by atoms with E-state index < -0.39 is 17.5 Å². The minimum absolute atomic E-state index is 0. The Hall–Kier alpha value is -1.98. The molecular weight excluding hydrogens is 358 g/mol. The van der Waals surface area contributed by atoms with Crippen LogP contribution in [0.3, 0.4) is 0 Å². The van der Waals surface area contributed by atoms with Gasteiger partial charge in [-0.25, -0.2) is 8.78 Å². The highest BCUT2D eigenvalue weighted by atomic mass is 35.5. The largest absolute Gasteiger partial charge is 0.338 e. The molecule has 3 atom stereocenters. The molecule has 4 rings (SSSR count). The van der Waals surface area contributed by atoms with Gasteiger partial charge in [-0.1, -0.05) is 30.3 Å². The third-order valence-corrected chi connectivity index (χ3v) is 5.48. The van der Waals surface area contributed by atoms with E-state index in [-0.39, 0.29) is 24.0 Å². The van der Waals surface area contributed by atoms with Crippen molar-refractivity contribution in [3.63, 3.8) is 0 Å². The van der Waals surface area contributed by atoms with Gasteiger partial charge in [0.15, 0.2) is 0 Å². The van der Waals surface area contributed by atoms with E-state index in [0.717, 1.165) is 24.7 Å². The van der Waals surface area contributed by atoms with Crippen molar-refractivity contribution in [2.75, 3.05) is 26.7 Å². The predicted octanol–water partition coefficient (Wildman–Crippen LogP) is 3.76. The second kappa shape index (κ2) is 7.33. The van der Waals surface area contributed by atoms with E-state index in [4.69, 9.17) is 0 Å². The molecule has 2 aliphatic rings. The summed E-state index contributed by atoms with van der Waals surface area (Å²) < 4.78 is 27.4. The Bertz CT molecular complexity index is 802. The molecular formula is C20H21ClF2N2O. The maximum Gasteiger partial charge on any atom is 0.256 e. The standard InChI is InChI=1S/C20H20F2N2O.ClH/c1-23-10-14-11-24(20(25)16-9-15(21)7-8-18(16)22)12-17(14)19(23)13-5-3-2-4-6-13;/h2-9,14,17,19H,10-12H2,1H3;1H/t14-,17+,19-;/m0./s1. The Morgan fingerprint density at radius 2 is 1.77 bits per heavy atom. The van der Waals surface area contributed by atoms with Crippen LogP contribution < -0.4 is 0 Å². The first kappa shape index (κ1) is 18.8. The molecule has 2 fully saturated rings. The second-order valence-corrected chi connectivity index (χ2v) is 7.05. The van der Waals surface area contributed by atoms with Crippen LogP contribution in [-0.2, 0) is 0 Å². The van der Waals surface area contributed by atoms with E-state index in [1.54, 1.807) is 4.90 Å². The van der Waals surface area contributed by atoms with Gasteiger partial charge in [0.2, 0.25) is 0 Å². The van der Waals surface area contributed by atoms with Gasteiger partial charge in [0.25, 0.3) is 5.91 Å². The first-order valence-electron chi connectivity index (χ1n) is 8.54. The van der Waals surface area contributed by atoms with Gasteiger partial charge in [0.05, 0.1) is 5.56 Å². The van der Waals surface area contributed by atoms with Crippen molar-refractivity contribution in [3.05, 3.63) is 71.3 Å². The third-order valence-electron chi connectivity index (χ3n) is 5.48. The van der Waals surface area contributed by atoms with Crippen LogP contribution in [0.25, 0.3) is 0 Å². The Kier molecular flexibility index (Phi) is 5.30. The fraction of sp³-hybridized carbons (Fsp3) is 0.350. The number of amides is 1. The zero-order valence-corrected chi connectivity index (χ0v) is 15.3. The van der Waals surface area contributed by atoms with Crippen LogP contribution in [0.2, 0.25) is 0 Å². The molecule has 2 aliphatic heterocycles. The Morgan fingerprint density at radius 1 is 1.04 bits per heavy atom. The van der Waals surface area contributed by atoms with E-state index in [9.17, 15) is 13.6 Å².